The Labute approximate surface area is 83.3 Å². The van der Waals surface area contributed by atoms with Crippen molar-refractivity contribution in [3.05, 3.63) is 11.6 Å². The quantitative estimate of drug-likeness (QED) is 0.741. The number of aromatic amines is 1. The van der Waals surface area contributed by atoms with Gasteiger partial charge in [0.2, 0.25) is 0 Å². The highest BCUT2D eigenvalue weighted by molar-refractivity contribution is 5.08. The first kappa shape index (κ1) is 8.41. The molecule has 0 saturated heterocycles. The van der Waals surface area contributed by atoms with E-state index in [4.69, 9.17) is 5.73 Å². The van der Waals surface area contributed by atoms with Crippen LogP contribution in [0.25, 0.3) is 0 Å². The summed E-state index contributed by atoms with van der Waals surface area (Å²) in [4.78, 5) is 4.57. The molecule has 14 heavy (non-hydrogen) atoms. The van der Waals surface area contributed by atoms with E-state index in [9.17, 15) is 0 Å². The fourth-order valence-corrected chi connectivity index (χ4v) is 2.26. The molecule has 0 spiro atoms. The van der Waals surface area contributed by atoms with E-state index in [0.29, 0.717) is 17.9 Å². The van der Waals surface area contributed by atoms with Crippen LogP contribution in [0.2, 0.25) is 0 Å². The molecule has 0 bridgehead atoms. The van der Waals surface area contributed by atoms with Crippen LogP contribution in [0.4, 0.5) is 0 Å². The highest BCUT2D eigenvalue weighted by atomic mass is 15.2. The Kier molecular flexibility index (Phi) is 1.83. The van der Waals surface area contributed by atoms with E-state index in [1.807, 2.05) is 0 Å². The van der Waals surface area contributed by atoms with E-state index in [1.165, 1.54) is 12.8 Å². The van der Waals surface area contributed by atoms with Crippen molar-refractivity contribution in [1.29, 1.82) is 0 Å². The Bertz CT molecular complexity index is 329. The summed E-state index contributed by atoms with van der Waals surface area (Å²) in [5.41, 5.74) is 5.88. The summed E-state index contributed by atoms with van der Waals surface area (Å²) >= 11 is 0. The van der Waals surface area contributed by atoms with Crippen molar-refractivity contribution in [3.8, 4) is 0 Å². The molecule has 1 aromatic rings. The average Bonchev–Trinajstić information content (AvgIpc) is 2.76. The largest absolute Gasteiger partial charge is 0.328 e. The number of aromatic nitrogens is 3. The average molecular weight is 192 g/mol. The molecule has 4 nitrogen and oxygen atoms in total. The number of hydrogen-bond donors (Lipinski definition) is 2. The maximum absolute atomic E-state index is 5.88. The summed E-state index contributed by atoms with van der Waals surface area (Å²) in [7, 11) is 0. The molecule has 3 rings (SSSR count). The molecule has 0 aromatic carbocycles. The number of nitrogens with one attached hydrogen (secondary N) is 1. The van der Waals surface area contributed by atoms with Crippen molar-refractivity contribution in [3.63, 3.8) is 0 Å². The van der Waals surface area contributed by atoms with Crippen molar-refractivity contribution >= 4 is 0 Å². The Morgan fingerprint density at radius 3 is 2.57 bits per heavy atom. The van der Waals surface area contributed by atoms with Crippen LogP contribution in [0.5, 0.6) is 0 Å². The second kappa shape index (κ2) is 3.05. The zero-order valence-corrected chi connectivity index (χ0v) is 8.24. The zero-order chi connectivity index (χ0) is 9.54. The molecule has 76 valence electrons. The van der Waals surface area contributed by atoms with Crippen LogP contribution in [0.15, 0.2) is 0 Å². The van der Waals surface area contributed by atoms with Crippen LogP contribution < -0.4 is 5.73 Å². The molecular weight excluding hydrogens is 176 g/mol. The third kappa shape index (κ3) is 1.43. The van der Waals surface area contributed by atoms with Crippen molar-refractivity contribution < 1.29 is 0 Å². The molecule has 0 amide bonds. The minimum atomic E-state index is 0.364. The first-order chi connectivity index (χ1) is 6.83. The molecule has 2 unspecified atom stereocenters. The van der Waals surface area contributed by atoms with Gasteiger partial charge in [0.25, 0.3) is 0 Å². The van der Waals surface area contributed by atoms with E-state index in [-0.39, 0.29) is 0 Å². The summed E-state index contributed by atoms with van der Waals surface area (Å²) in [6.07, 6.45) is 5.89. The van der Waals surface area contributed by atoms with Gasteiger partial charge in [-0.15, -0.1) is 0 Å². The topological polar surface area (TPSA) is 67.6 Å². The highest BCUT2D eigenvalue weighted by Gasteiger charge is 2.30. The molecule has 0 radical (unpaired) electrons. The maximum atomic E-state index is 5.88. The van der Waals surface area contributed by atoms with Crippen LogP contribution in [-0.2, 0) is 0 Å². The van der Waals surface area contributed by atoms with E-state index >= 15 is 0 Å². The number of nitrogens with zero attached hydrogens (tertiary/aromatic N) is 2. The second-order valence-electron chi connectivity index (χ2n) is 4.62. The van der Waals surface area contributed by atoms with Crippen molar-refractivity contribution in [2.45, 2.75) is 50.0 Å². The molecule has 2 fully saturated rings. The van der Waals surface area contributed by atoms with Crippen molar-refractivity contribution in [2.24, 2.45) is 5.73 Å². The van der Waals surface area contributed by atoms with Gasteiger partial charge in [-0.05, 0) is 32.1 Å². The normalized spacial score (nSPS) is 32.4. The van der Waals surface area contributed by atoms with Gasteiger partial charge in [0.15, 0.2) is 5.82 Å². The van der Waals surface area contributed by atoms with Crippen LogP contribution in [0.1, 0.15) is 55.6 Å². The van der Waals surface area contributed by atoms with E-state index in [2.05, 4.69) is 15.2 Å². The monoisotopic (exact) mass is 192 g/mol. The van der Waals surface area contributed by atoms with Gasteiger partial charge in [-0.2, -0.15) is 5.10 Å². The minimum Gasteiger partial charge on any atom is -0.328 e. The van der Waals surface area contributed by atoms with Gasteiger partial charge in [-0.25, -0.2) is 4.98 Å². The van der Waals surface area contributed by atoms with Crippen LogP contribution in [-0.4, -0.2) is 21.2 Å². The first-order valence-electron chi connectivity index (χ1n) is 5.50. The molecule has 2 aliphatic carbocycles. The summed E-state index contributed by atoms with van der Waals surface area (Å²) in [5.74, 6) is 3.28. The first-order valence-corrected chi connectivity index (χ1v) is 5.50. The van der Waals surface area contributed by atoms with E-state index in [1.54, 1.807) is 0 Å². The molecule has 2 aliphatic rings. The molecule has 1 aromatic heterocycles. The van der Waals surface area contributed by atoms with Gasteiger partial charge in [-0.3, -0.25) is 5.10 Å². The minimum absolute atomic E-state index is 0.364. The predicted octanol–water partition coefficient (Wildman–Crippen LogP) is 1.28. The smallest absolute Gasteiger partial charge is 0.153 e. The number of H-pyrrole nitrogens is 1. The third-order valence-corrected chi connectivity index (χ3v) is 3.32. The molecule has 2 atom stereocenters. The molecule has 1 heterocycles. The SMILES string of the molecule is NC1CCC(c2n[nH]c(C3CC3)n2)C1. The van der Waals surface area contributed by atoms with Gasteiger partial charge in [0.05, 0.1) is 0 Å². The van der Waals surface area contributed by atoms with Gasteiger partial charge in [-0.1, -0.05) is 0 Å². The molecular formula is C10H16N4. The lowest BCUT2D eigenvalue weighted by Gasteiger charge is -2.02. The lowest BCUT2D eigenvalue weighted by atomic mass is 10.1. The molecule has 2 saturated carbocycles. The summed E-state index contributed by atoms with van der Waals surface area (Å²) in [5, 5.41) is 7.36. The van der Waals surface area contributed by atoms with Gasteiger partial charge >= 0.3 is 0 Å². The highest BCUT2D eigenvalue weighted by Crippen LogP contribution is 2.39. The van der Waals surface area contributed by atoms with Crippen LogP contribution in [0.3, 0.4) is 0 Å². The number of rotatable bonds is 2. The van der Waals surface area contributed by atoms with Gasteiger partial charge in [0.1, 0.15) is 5.82 Å². The fourth-order valence-electron chi connectivity index (χ4n) is 2.26. The van der Waals surface area contributed by atoms with Crippen molar-refractivity contribution in [1.82, 2.24) is 15.2 Å². The standard InChI is InChI=1S/C10H16N4/c11-8-4-3-7(5-8)10-12-9(13-14-10)6-1-2-6/h6-8H,1-5,11H2,(H,12,13,14). The van der Waals surface area contributed by atoms with Crippen molar-refractivity contribution in [2.75, 3.05) is 0 Å². The number of hydrogen-bond acceptors (Lipinski definition) is 3. The lowest BCUT2D eigenvalue weighted by molar-refractivity contribution is 0.645. The van der Waals surface area contributed by atoms with Crippen LogP contribution >= 0.6 is 0 Å². The predicted molar refractivity (Wildman–Crippen MR) is 52.9 cm³/mol. The second-order valence-corrected chi connectivity index (χ2v) is 4.62. The molecule has 3 N–H and O–H groups in total. The summed E-state index contributed by atoms with van der Waals surface area (Å²) in [6, 6.07) is 0.364. The Morgan fingerprint density at radius 1 is 1.14 bits per heavy atom. The fraction of sp³-hybridized carbons (Fsp3) is 0.800. The Balaban J connectivity index is 1.75. The molecule has 0 aliphatic heterocycles. The Hall–Kier alpha value is -0.900. The summed E-state index contributed by atoms with van der Waals surface area (Å²) < 4.78 is 0. The van der Waals surface area contributed by atoms with Gasteiger partial charge in [0, 0.05) is 17.9 Å². The lowest BCUT2D eigenvalue weighted by Crippen LogP contribution is -2.14. The molecule has 4 heteroatoms. The maximum Gasteiger partial charge on any atom is 0.153 e. The Morgan fingerprint density at radius 2 is 1.93 bits per heavy atom. The third-order valence-electron chi connectivity index (χ3n) is 3.32. The summed E-state index contributed by atoms with van der Waals surface area (Å²) in [6.45, 7) is 0. The van der Waals surface area contributed by atoms with Gasteiger partial charge < -0.3 is 5.73 Å². The van der Waals surface area contributed by atoms with E-state index in [0.717, 1.165) is 30.9 Å². The number of nitrogens with two attached hydrogens (primary N) is 1. The van der Waals surface area contributed by atoms with Crippen LogP contribution in [0, 0.1) is 0 Å². The van der Waals surface area contributed by atoms with E-state index < -0.39 is 0 Å². The zero-order valence-electron chi connectivity index (χ0n) is 8.24.